The van der Waals surface area contributed by atoms with Crippen LogP contribution in [0.4, 0.5) is 10.5 Å². The SMILES string of the molecule is CCCCOc1cccc(N2C(=NC(=O)[C@@H](Cc3ccccc3)NC(=O)OC(C)(C)C)S[C@@H]3CS(=O)(=O)C[C@@H]32)c1. The van der Waals surface area contributed by atoms with Crippen LogP contribution in [-0.2, 0) is 25.8 Å². The third-order valence-corrected chi connectivity index (χ3v) is 9.62. The number of carbonyl (C=O) groups excluding carboxylic acids is 2. The molecule has 0 radical (unpaired) electrons. The first-order chi connectivity index (χ1) is 18.9. The van der Waals surface area contributed by atoms with E-state index in [0.29, 0.717) is 23.2 Å². The molecule has 2 aliphatic rings. The van der Waals surface area contributed by atoms with Crippen molar-refractivity contribution in [1.82, 2.24) is 5.32 Å². The van der Waals surface area contributed by atoms with Crippen molar-refractivity contribution in [2.45, 2.75) is 69.9 Å². The van der Waals surface area contributed by atoms with Gasteiger partial charge in [0, 0.05) is 23.4 Å². The summed E-state index contributed by atoms with van der Waals surface area (Å²) in [6, 6.07) is 15.4. The van der Waals surface area contributed by atoms with Crippen molar-refractivity contribution in [2.75, 3.05) is 23.0 Å². The number of aliphatic imine (C=N–C) groups is 1. The zero-order valence-electron chi connectivity index (χ0n) is 23.3. The quantitative estimate of drug-likeness (QED) is 0.424. The summed E-state index contributed by atoms with van der Waals surface area (Å²) < 4.78 is 36.3. The number of fused-ring (bicyclic) bond motifs is 1. The van der Waals surface area contributed by atoms with E-state index >= 15 is 0 Å². The highest BCUT2D eigenvalue weighted by atomic mass is 32.2. The van der Waals surface area contributed by atoms with Crippen molar-refractivity contribution >= 4 is 44.5 Å². The van der Waals surface area contributed by atoms with Crippen LogP contribution in [0.1, 0.15) is 46.1 Å². The number of amidine groups is 1. The Morgan fingerprint density at radius 2 is 1.88 bits per heavy atom. The molecular weight excluding hydrogens is 550 g/mol. The minimum atomic E-state index is -3.22. The summed E-state index contributed by atoms with van der Waals surface area (Å²) in [5.74, 6) is 0.116. The normalized spacial score (nSPS) is 21.6. The molecule has 2 amide bonds. The fourth-order valence-corrected chi connectivity index (χ4v) is 8.52. The van der Waals surface area contributed by atoms with Crippen LogP contribution in [0.2, 0.25) is 0 Å². The topological polar surface area (TPSA) is 114 Å². The fraction of sp³-hybridized carbons (Fsp3) is 0.483. The number of benzene rings is 2. The van der Waals surface area contributed by atoms with Crippen molar-refractivity contribution in [1.29, 1.82) is 0 Å². The van der Waals surface area contributed by atoms with E-state index < -0.39 is 33.5 Å². The summed E-state index contributed by atoms with van der Waals surface area (Å²) >= 11 is 1.29. The number of carbonyl (C=O) groups is 2. The molecule has 0 saturated carbocycles. The largest absolute Gasteiger partial charge is 0.494 e. The van der Waals surface area contributed by atoms with Crippen molar-refractivity contribution in [3.63, 3.8) is 0 Å². The first kappa shape index (κ1) is 29.9. The molecule has 2 aromatic carbocycles. The van der Waals surface area contributed by atoms with Gasteiger partial charge in [0.25, 0.3) is 5.91 Å². The maximum atomic E-state index is 13.6. The van der Waals surface area contributed by atoms with Gasteiger partial charge in [0.1, 0.15) is 17.4 Å². The van der Waals surface area contributed by atoms with E-state index in [9.17, 15) is 18.0 Å². The van der Waals surface area contributed by atoms with Crippen LogP contribution in [0.3, 0.4) is 0 Å². The Bertz CT molecular complexity index is 1340. The van der Waals surface area contributed by atoms with Crippen LogP contribution in [0, 0.1) is 0 Å². The monoisotopic (exact) mass is 587 g/mol. The number of nitrogens with zero attached hydrogens (tertiary/aromatic N) is 2. The third kappa shape index (κ3) is 8.00. The standard InChI is InChI=1S/C29H37N3O6S2/c1-5-6-15-37-22-14-10-13-21(17-22)32-24-18-40(35,36)19-25(24)39-27(32)31-26(33)23(16-20-11-8-7-9-12-20)30-28(34)38-29(2,3)4/h7-14,17,23-25H,5-6,15-16,18-19H2,1-4H3,(H,30,34)/t23-,24+,25-/m1/s1. The Balaban J connectivity index is 1.64. The Kier molecular flexibility index (Phi) is 9.45. The van der Waals surface area contributed by atoms with Gasteiger partial charge in [0.2, 0.25) is 0 Å². The number of ether oxygens (including phenoxy) is 2. The molecule has 4 rings (SSSR count). The molecule has 0 aromatic heterocycles. The van der Waals surface area contributed by atoms with Crippen LogP contribution in [0.25, 0.3) is 0 Å². The highest BCUT2D eigenvalue weighted by molar-refractivity contribution is 8.16. The zero-order chi connectivity index (χ0) is 28.9. The minimum absolute atomic E-state index is 0.0162. The van der Waals surface area contributed by atoms with Crippen LogP contribution in [-0.4, -0.2) is 66.6 Å². The van der Waals surface area contributed by atoms with Crippen molar-refractivity contribution in [3.05, 3.63) is 60.2 Å². The lowest BCUT2D eigenvalue weighted by molar-refractivity contribution is -0.119. The molecule has 2 aromatic rings. The molecule has 1 N–H and O–H groups in total. The van der Waals surface area contributed by atoms with Crippen LogP contribution in [0.5, 0.6) is 5.75 Å². The second kappa shape index (κ2) is 12.6. The lowest BCUT2D eigenvalue weighted by atomic mass is 10.1. The molecule has 11 heteroatoms. The number of rotatable bonds is 9. The number of hydrogen-bond donors (Lipinski definition) is 1. The average molecular weight is 588 g/mol. The van der Waals surface area contributed by atoms with Crippen LogP contribution in [0.15, 0.2) is 59.6 Å². The van der Waals surface area contributed by atoms with E-state index in [2.05, 4.69) is 17.2 Å². The fourth-order valence-electron chi connectivity index (χ4n) is 4.60. The number of sulfone groups is 1. The maximum Gasteiger partial charge on any atom is 0.408 e. The van der Waals surface area contributed by atoms with Crippen molar-refractivity contribution in [2.24, 2.45) is 4.99 Å². The third-order valence-electron chi connectivity index (χ3n) is 6.41. The molecule has 0 bridgehead atoms. The molecule has 2 fully saturated rings. The van der Waals surface area contributed by atoms with Gasteiger partial charge in [-0.05, 0) is 44.9 Å². The summed E-state index contributed by atoms with van der Waals surface area (Å²) in [5, 5.41) is 2.84. The van der Waals surface area contributed by atoms with Crippen LogP contribution >= 0.6 is 11.8 Å². The Hall–Kier alpha value is -3.05. The molecular formula is C29H37N3O6S2. The molecule has 216 valence electrons. The maximum absolute atomic E-state index is 13.6. The smallest absolute Gasteiger partial charge is 0.408 e. The van der Waals surface area contributed by atoms with Gasteiger partial charge in [-0.3, -0.25) is 4.79 Å². The molecule has 40 heavy (non-hydrogen) atoms. The Labute approximate surface area is 240 Å². The second-order valence-corrected chi connectivity index (χ2v) is 14.4. The van der Waals surface area contributed by atoms with E-state index in [1.54, 1.807) is 20.8 Å². The van der Waals surface area contributed by atoms with Gasteiger partial charge in [-0.15, -0.1) is 0 Å². The number of thioether (sulfide) groups is 1. The molecule has 0 aliphatic carbocycles. The highest BCUT2D eigenvalue weighted by Crippen LogP contribution is 2.41. The summed E-state index contributed by atoms with van der Waals surface area (Å²) in [6.45, 7) is 7.92. The van der Waals surface area contributed by atoms with Gasteiger partial charge in [-0.25, -0.2) is 13.2 Å². The first-order valence-corrected chi connectivity index (χ1v) is 16.2. The predicted octanol–water partition coefficient (Wildman–Crippen LogP) is 4.60. The summed E-state index contributed by atoms with van der Waals surface area (Å²) in [5.41, 5.74) is 0.826. The van der Waals surface area contributed by atoms with Gasteiger partial charge < -0.3 is 19.7 Å². The zero-order valence-corrected chi connectivity index (χ0v) is 25.0. The molecule has 2 heterocycles. The van der Waals surface area contributed by atoms with Gasteiger partial charge >= 0.3 is 6.09 Å². The van der Waals surface area contributed by atoms with Gasteiger partial charge in [-0.1, -0.05) is 61.5 Å². The summed E-state index contributed by atoms with van der Waals surface area (Å²) in [4.78, 5) is 32.6. The number of alkyl carbamates (subject to hydrolysis) is 1. The van der Waals surface area contributed by atoms with Crippen molar-refractivity contribution in [3.8, 4) is 5.75 Å². The molecule has 3 atom stereocenters. The van der Waals surface area contributed by atoms with Gasteiger partial charge in [-0.2, -0.15) is 4.99 Å². The number of nitrogens with one attached hydrogen (secondary N) is 1. The second-order valence-electron chi connectivity index (χ2n) is 11.0. The first-order valence-electron chi connectivity index (χ1n) is 13.5. The Morgan fingerprint density at radius 3 is 2.58 bits per heavy atom. The van der Waals surface area contributed by atoms with E-state index in [0.717, 1.165) is 18.4 Å². The molecule has 0 unspecified atom stereocenters. The lowest BCUT2D eigenvalue weighted by Gasteiger charge is -2.26. The number of amides is 2. The molecule has 2 aliphatic heterocycles. The molecule has 9 nitrogen and oxygen atoms in total. The number of anilines is 1. The minimum Gasteiger partial charge on any atom is -0.494 e. The average Bonchev–Trinajstić information content (AvgIpc) is 3.34. The van der Waals surface area contributed by atoms with E-state index in [4.69, 9.17) is 9.47 Å². The Morgan fingerprint density at radius 1 is 1.12 bits per heavy atom. The number of unbranched alkanes of at least 4 members (excludes halogenated alkanes) is 1. The summed E-state index contributed by atoms with van der Waals surface area (Å²) in [7, 11) is -3.22. The lowest BCUT2D eigenvalue weighted by Crippen LogP contribution is -2.45. The summed E-state index contributed by atoms with van der Waals surface area (Å²) in [6.07, 6.45) is 1.44. The van der Waals surface area contributed by atoms with E-state index in [1.807, 2.05) is 59.5 Å². The van der Waals surface area contributed by atoms with E-state index in [1.165, 1.54) is 11.8 Å². The highest BCUT2D eigenvalue weighted by Gasteiger charge is 2.49. The van der Waals surface area contributed by atoms with Crippen molar-refractivity contribution < 1.29 is 27.5 Å². The molecule has 0 spiro atoms. The van der Waals surface area contributed by atoms with Crippen LogP contribution < -0.4 is 15.0 Å². The van der Waals surface area contributed by atoms with E-state index in [-0.39, 0.29) is 29.2 Å². The van der Waals surface area contributed by atoms with Gasteiger partial charge in [0.05, 0.1) is 24.2 Å². The predicted molar refractivity (Wildman–Crippen MR) is 159 cm³/mol. The number of hydrogen-bond acceptors (Lipinski definition) is 7. The molecule has 2 saturated heterocycles. The van der Waals surface area contributed by atoms with Gasteiger partial charge in [0.15, 0.2) is 15.0 Å².